The highest BCUT2D eigenvalue weighted by atomic mass is 35.5. The summed E-state index contributed by atoms with van der Waals surface area (Å²) in [6.07, 6.45) is 1.15. The molecule has 6 atom stereocenters. The van der Waals surface area contributed by atoms with Gasteiger partial charge in [-0.3, -0.25) is 9.59 Å². The highest BCUT2D eigenvalue weighted by Gasteiger charge is 2.66. The van der Waals surface area contributed by atoms with Gasteiger partial charge in [0.05, 0.1) is 27.4 Å². The number of benzene rings is 2. The molecular weight excluding hydrogens is 482 g/mol. The number of ether oxygens (including phenoxy) is 4. The zero-order valence-corrected chi connectivity index (χ0v) is 21.6. The summed E-state index contributed by atoms with van der Waals surface area (Å²) in [5.41, 5.74) is -0.471. The van der Waals surface area contributed by atoms with Crippen molar-refractivity contribution in [2.45, 2.75) is 43.4 Å². The number of carbonyl (C=O) groups excluding carboxylic acids is 2. The average molecular weight is 512 g/mol. The number of halogens is 1. The van der Waals surface area contributed by atoms with Crippen LogP contribution in [0.2, 0.25) is 5.02 Å². The van der Waals surface area contributed by atoms with Crippen LogP contribution in [-0.4, -0.2) is 50.6 Å². The van der Waals surface area contributed by atoms with E-state index in [0.29, 0.717) is 24.4 Å². The first kappa shape index (κ1) is 24.7. The Morgan fingerprint density at radius 2 is 1.81 bits per heavy atom. The number of methoxy groups -OCH3 is 3. The Morgan fingerprint density at radius 1 is 1.11 bits per heavy atom. The molecule has 3 aliphatic rings. The predicted molar refractivity (Wildman–Crippen MR) is 135 cm³/mol. The molecule has 1 aliphatic carbocycles. The van der Waals surface area contributed by atoms with Gasteiger partial charge < -0.3 is 24.3 Å². The molecule has 8 heteroatoms. The lowest BCUT2D eigenvalue weighted by molar-refractivity contribution is -0.146. The van der Waals surface area contributed by atoms with Gasteiger partial charge in [0.15, 0.2) is 11.5 Å². The largest absolute Gasteiger partial charge is 0.500 e. The molecule has 36 heavy (non-hydrogen) atoms. The molecule has 1 N–H and O–H groups in total. The van der Waals surface area contributed by atoms with Crippen molar-refractivity contribution in [3.63, 3.8) is 0 Å². The van der Waals surface area contributed by atoms with Crippen LogP contribution in [-0.2, 0) is 9.53 Å². The van der Waals surface area contributed by atoms with Crippen LogP contribution in [0.5, 0.6) is 17.2 Å². The number of hydrogen-bond donors (Lipinski definition) is 1. The van der Waals surface area contributed by atoms with E-state index in [9.17, 15) is 9.59 Å². The van der Waals surface area contributed by atoms with Gasteiger partial charge in [0, 0.05) is 23.9 Å². The lowest BCUT2D eigenvalue weighted by Gasteiger charge is -2.50. The smallest absolute Gasteiger partial charge is 0.232 e. The lowest BCUT2D eigenvalue weighted by atomic mass is 9.59. The molecule has 7 nitrogen and oxygen atoms in total. The fourth-order valence-electron chi connectivity index (χ4n) is 6.23. The van der Waals surface area contributed by atoms with Crippen molar-refractivity contribution in [3.05, 3.63) is 64.9 Å². The highest BCUT2D eigenvalue weighted by Crippen LogP contribution is 2.56. The zero-order valence-electron chi connectivity index (χ0n) is 20.8. The number of carbonyl (C=O) groups is 2. The Labute approximate surface area is 215 Å². The molecule has 2 heterocycles. The molecule has 5 rings (SSSR count). The Bertz CT molecular complexity index is 1230. The van der Waals surface area contributed by atoms with Crippen LogP contribution in [0.4, 0.5) is 0 Å². The molecule has 1 saturated heterocycles. The fraction of sp³-hybridized carbons (Fsp3) is 0.429. The van der Waals surface area contributed by atoms with Crippen LogP contribution in [0.1, 0.15) is 41.6 Å². The van der Waals surface area contributed by atoms with Gasteiger partial charge in [-0.15, -0.1) is 0 Å². The topological polar surface area (TPSA) is 83.1 Å². The molecule has 1 spiro atoms. The number of hydrogen-bond acceptors (Lipinski definition) is 7. The van der Waals surface area contributed by atoms with Crippen molar-refractivity contribution in [2.75, 3.05) is 21.3 Å². The first-order chi connectivity index (χ1) is 17.3. The molecule has 4 unspecified atom stereocenters. The molecular formula is C28H30ClNO6. The maximum atomic E-state index is 14.5. The first-order valence-electron chi connectivity index (χ1n) is 12.0. The van der Waals surface area contributed by atoms with Gasteiger partial charge in [0.1, 0.15) is 27.8 Å². The average Bonchev–Trinajstić information content (AvgIpc) is 3.21. The summed E-state index contributed by atoms with van der Waals surface area (Å²) in [4.78, 5) is 28.6. The minimum absolute atomic E-state index is 0.119. The second-order valence-electron chi connectivity index (χ2n) is 9.74. The quantitative estimate of drug-likeness (QED) is 0.465. The first-order valence-corrected chi connectivity index (χ1v) is 12.4. The van der Waals surface area contributed by atoms with Crippen LogP contribution < -0.4 is 19.5 Å². The minimum Gasteiger partial charge on any atom is -0.500 e. The molecule has 1 saturated carbocycles. The summed E-state index contributed by atoms with van der Waals surface area (Å²) in [7, 11) is 4.54. The molecule has 0 amide bonds. The Kier molecular flexibility index (Phi) is 6.25. The number of Topliss-reactive ketones (excluding diaryl/α,β-unsaturated/α-hetero) is 2. The normalized spacial score (nSPS) is 30.9. The van der Waals surface area contributed by atoms with Crippen molar-refractivity contribution in [2.24, 2.45) is 11.8 Å². The maximum absolute atomic E-state index is 14.5. The third-order valence-electron chi connectivity index (χ3n) is 8.04. The molecule has 2 aromatic carbocycles. The van der Waals surface area contributed by atoms with Crippen molar-refractivity contribution in [1.29, 1.82) is 0 Å². The maximum Gasteiger partial charge on any atom is 0.232 e. The van der Waals surface area contributed by atoms with E-state index in [1.165, 1.54) is 14.2 Å². The van der Waals surface area contributed by atoms with Gasteiger partial charge >= 0.3 is 0 Å². The Morgan fingerprint density at radius 3 is 2.44 bits per heavy atom. The molecule has 2 aliphatic heterocycles. The Hall–Kier alpha value is -3.03. The van der Waals surface area contributed by atoms with Crippen LogP contribution in [0, 0.1) is 11.8 Å². The fourth-order valence-corrected chi connectivity index (χ4v) is 6.49. The van der Waals surface area contributed by atoms with E-state index < -0.39 is 23.2 Å². The summed E-state index contributed by atoms with van der Waals surface area (Å²) in [6.45, 7) is 5.95. The van der Waals surface area contributed by atoms with Gasteiger partial charge in [0.25, 0.3) is 0 Å². The third-order valence-corrected chi connectivity index (χ3v) is 8.40. The number of piperidine rings is 1. The van der Waals surface area contributed by atoms with E-state index in [0.717, 1.165) is 5.56 Å². The van der Waals surface area contributed by atoms with Crippen molar-refractivity contribution in [3.8, 4) is 17.2 Å². The summed E-state index contributed by atoms with van der Waals surface area (Å²) in [5, 5.41) is 3.73. The predicted octanol–water partition coefficient (Wildman–Crippen LogP) is 4.57. The zero-order chi connectivity index (χ0) is 25.8. The van der Waals surface area contributed by atoms with Gasteiger partial charge in [-0.2, -0.15) is 0 Å². The second-order valence-corrected chi connectivity index (χ2v) is 10.1. The van der Waals surface area contributed by atoms with Gasteiger partial charge in [-0.05, 0) is 24.3 Å². The second kappa shape index (κ2) is 9.12. The van der Waals surface area contributed by atoms with E-state index in [1.807, 2.05) is 37.3 Å². The molecule has 2 aromatic rings. The van der Waals surface area contributed by atoms with Crippen LogP contribution in [0.3, 0.4) is 0 Å². The van der Waals surface area contributed by atoms with Gasteiger partial charge in [0.2, 0.25) is 11.4 Å². The third kappa shape index (κ3) is 3.44. The Balaban J connectivity index is 1.61. The van der Waals surface area contributed by atoms with E-state index in [2.05, 4.69) is 11.9 Å². The minimum atomic E-state index is -1.69. The number of fused-ring (bicyclic) bond motifs is 2. The highest BCUT2D eigenvalue weighted by molar-refractivity contribution is 6.36. The lowest BCUT2D eigenvalue weighted by Crippen LogP contribution is -2.67. The van der Waals surface area contributed by atoms with Crippen LogP contribution in [0.25, 0.3) is 0 Å². The molecule has 2 fully saturated rings. The van der Waals surface area contributed by atoms with Crippen LogP contribution >= 0.6 is 11.6 Å². The van der Waals surface area contributed by atoms with E-state index >= 15 is 0 Å². The molecule has 0 bridgehead atoms. The van der Waals surface area contributed by atoms with Gasteiger partial charge in [-0.25, -0.2) is 0 Å². The van der Waals surface area contributed by atoms with Crippen molar-refractivity contribution >= 4 is 23.2 Å². The number of ketones is 2. The van der Waals surface area contributed by atoms with Crippen LogP contribution in [0.15, 0.2) is 48.7 Å². The number of nitrogens with one attached hydrogen (secondary N) is 1. The summed E-state index contributed by atoms with van der Waals surface area (Å²) in [6, 6.07) is 11.2. The van der Waals surface area contributed by atoms with Crippen molar-refractivity contribution in [1.82, 2.24) is 5.32 Å². The molecule has 0 aromatic heterocycles. The molecule has 190 valence electrons. The van der Waals surface area contributed by atoms with E-state index in [-0.39, 0.29) is 45.9 Å². The summed E-state index contributed by atoms with van der Waals surface area (Å²) >= 11 is 6.57. The van der Waals surface area contributed by atoms with Gasteiger partial charge in [-0.1, -0.05) is 55.4 Å². The van der Waals surface area contributed by atoms with E-state index in [4.69, 9.17) is 30.5 Å². The van der Waals surface area contributed by atoms with Crippen molar-refractivity contribution < 1.29 is 28.5 Å². The SMILES string of the molecule is C=C(OC)C1CC(c2ccccc2)C2C(=O)[C@@]3(Oc4c(Cl)c(OC)cc(OC)c4C3=O)[C@H](C)CC2N1. The summed E-state index contributed by atoms with van der Waals surface area (Å²) < 4.78 is 22.7. The monoisotopic (exact) mass is 511 g/mol. The van der Waals surface area contributed by atoms with E-state index in [1.54, 1.807) is 13.2 Å². The molecule has 0 radical (unpaired) electrons. The number of rotatable bonds is 5. The summed E-state index contributed by atoms with van der Waals surface area (Å²) in [5.74, 6) is -0.371. The standard InChI is InChI=1S/C28H30ClNO6/c1-14-11-19-22(17(16-9-7-6-8-10-16)12-18(30-19)15(2)33-3)26(31)28(14)27(32)23-20(34-4)13-21(35-5)24(29)25(23)36-28/h6-10,13-14,17-19,22,30H,2,11-12H2,1,3-5H3/t14-,17?,18?,19?,22?,28+/m1/s1.